The number of aromatic nitrogens is 2. The SMILES string of the molecule is [CH-]=C(/C=C\[C](=[W])c1cnc(C2CCCC2)[nH]1)[C](=[W])/C=C\C(=[CH-])C1=CN=C(C2CCCN2)C1. The molecule has 6 heteroatoms. The van der Waals surface area contributed by atoms with E-state index < -0.39 is 0 Å². The number of nitrogens with one attached hydrogen (secondary N) is 2. The van der Waals surface area contributed by atoms with Crippen molar-refractivity contribution in [1.29, 1.82) is 0 Å². The zero-order valence-electron chi connectivity index (χ0n) is 18.1. The Morgan fingerprint density at radius 3 is 2.59 bits per heavy atom. The Labute approximate surface area is 213 Å². The number of nitrogens with zero attached hydrogens (tertiary/aromatic N) is 2. The Bertz CT molecular complexity index is 1040. The van der Waals surface area contributed by atoms with Crippen molar-refractivity contribution in [2.24, 2.45) is 4.99 Å². The van der Waals surface area contributed by atoms with Gasteiger partial charge in [0.05, 0.1) is 0 Å². The average molecular weight is 764 g/mol. The first-order valence-electron chi connectivity index (χ1n) is 11.2. The van der Waals surface area contributed by atoms with E-state index in [9.17, 15) is 0 Å². The van der Waals surface area contributed by atoms with Crippen molar-refractivity contribution < 1.29 is 38.7 Å². The number of allylic oxidation sites excluding steroid dienone is 7. The van der Waals surface area contributed by atoms with Crippen LogP contribution in [0.4, 0.5) is 0 Å². The van der Waals surface area contributed by atoms with Gasteiger partial charge >= 0.3 is 214 Å². The molecule has 0 radical (unpaired) electrons. The van der Waals surface area contributed by atoms with Crippen LogP contribution < -0.4 is 5.32 Å². The van der Waals surface area contributed by atoms with E-state index in [1.807, 2.05) is 30.6 Å². The molecule has 1 aromatic heterocycles. The molecule has 1 saturated carbocycles. The zero-order valence-corrected chi connectivity index (χ0v) is 24.0. The maximum absolute atomic E-state index is 6.33. The molecule has 1 aromatic rings. The van der Waals surface area contributed by atoms with Gasteiger partial charge in [-0.1, -0.05) is 0 Å². The first-order chi connectivity index (χ1) is 15.5. The molecule has 0 spiro atoms. The van der Waals surface area contributed by atoms with Gasteiger partial charge in [0.1, 0.15) is 0 Å². The van der Waals surface area contributed by atoms with Crippen molar-refractivity contribution in [2.75, 3.05) is 6.54 Å². The third-order valence-electron chi connectivity index (χ3n) is 6.31. The fourth-order valence-electron chi connectivity index (χ4n) is 4.38. The number of aromatic amines is 1. The van der Waals surface area contributed by atoms with E-state index in [2.05, 4.69) is 26.4 Å². The number of imidazole rings is 1. The third kappa shape index (κ3) is 5.96. The number of hydrogen-bond acceptors (Lipinski definition) is 3. The van der Waals surface area contributed by atoms with Crippen molar-refractivity contribution in [2.45, 2.75) is 56.9 Å². The summed E-state index contributed by atoms with van der Waals surface area (Å²) >= 11 is 2.71. The van der Waals surface area contributed by atoms with Crippen LogP contribution >= 0.6 is 0 Å². The fourth-order valence-corrected chi connectivity index (χ4v) is 5.49. The second-order valence-electron chi connectivity index (χ2n) is 8.57. The molecule has 32 heavy (non-hydrogen) atoms. The molecule has 1 atom stereocenters. The van der Waals surface area contributed by atoms with E-state index in [1.165, 1.54) is 86.8 Å². The van der Waals surface area contributed by atoms with Gasteiger partial charge in [0, 0.05) is 0 Å². The van der Waals surface area contributed by atoms with E-state index in [-0.39, 0.29) is 0 Å². The summed E-state index contributed by atoms with van der Waals surface area (Å²) in [6, 6.07) is 0.415. The third-order valence-corrected chi connectivity index (χ3v) is 8.92. The molecule has 1 saturated heterocycles. The predicted octanol–water partition coefficient (Wildman–Crippen LogP) is 4.17. The number of aliphatic imine (C=N–C) groups is 1. The van der Waals surface area contributed by atoms with Gasteiger partial charge in [0.15, 0.2) is 0 Å². The van der Waals surface area contributed by atoms with E-state index in [4.69, 9.17) is 13.2 Å². The molecule has 2 aliphatic heterocycles. The van der Waals surface area contributed by atoms with Crippen LogP contribution in [0.1, 0.15) is 62.4 Å². The monoisotopic (exact) mass is 764 g/mol. The molecule has 0 amide bonds. The Balaban J connectivity index is 1.26. The van der Waals surface area contributed by atoms with Gasteiger partial charge in [-0.15, -0.1) is 0 Å². The van der Waals surface area contributed by atoms with E-state index in [0.29, 0.717) is 12.0 Å². The van der Waals surface area contributed by atoms with E-state index in [1.54, 1.807) is 0 Å². The van der Waals surface area contributed by atoms with Gasteiger partial charge in [-0.25, -0.2) is 0 Å². The second-order valence-corrected chi connectivity index (χ2v) is 11.7. The molecule has 166 valence electrons. The summed E-state index contributed by atoms with van der Waals surface area (Å²) in [5.41, 5.74) is 4.93. The van der Waals surface area contributed by atoms with Gasteiger partial charge < -0.3 is 0 Å². The Hall–Kier alpha value is -1.34. The fraction of sp³-hybridized carbons (Fsp3) is 0.385. The van der Waals surface area contributed by atoms with Crippen molar-refractivity contribution in [1.82, 2.24) is 15.3 Å². The van der Waals surface area contributed by atoms with Crippen LogP contribution in [-0.4, -0.2) is 36.1 Å². The summed E-state index contributed by atoms with van der Waals surface area (Å²) < 4.78 is 2.28. The number of rotatable bonds is 9. The topological polar surface area (TPSA) is 53.1 Å². The maximum atomic E-state index is 6.33. The molecule has 1 unspecified atom stereocenters. The first-order valence-corrected chi connectivity index (χ1v) is 14.2. The summed E-state index contributed by atoms with van der Waals surface area (Å²) in [5.74, 6) is 1.74. The second kappa shape index (κ2) is 11.2. The normalized spacial score (nSPS) is 21.4. The zero-order chi connectivity index (χ0) is 22.5. The summed E-state index contributed by atoms with van der Waals surface area (Å²) in [7, 11) is 0. The molecule has 2 N–H and O–H groups in total. The number of H-pyrrole nitrogens is 1. The van der Waals surface area contributed by atoms with Crippen molar-refractivity contribution >= 4 is 13.5 Å². The van der Waals surface area contributed by atoms with Crippen molar-refractivity contribution in [3.8, 4) is 0 Å². The van der Waals surface area contributed by atoms with Gasteiger partial charge in [0.25, 0.3) is 0 Å². The average Bonchev–Trinajstić information content (AvgIpc) is 3.59. The van der Waals surface area contributed by atoms with E-state index in [0.717, 1.165) is 45.1 Å². The van der Waals surface area contributed by atoms with Crippen LogP contribution in [0.5, 0.6) is 0 Å². The van der Waals surface area contributed by atoms with Gasteiger partial charge in [-0.05, 0) is 0 Å². The molecule has 3 heterocycles. The Morgan fingerprint density at radius 2 is 1.84 bits per heavy atom. The van der Waals surface area contributed by atoms with Crippen molar-refractivity contribution in [3.63, 3.8) is 0 Å². The quantitative estimate of drug-likeness (QED) is 0.294. The molecule has 0 aromatic carbocycles. The summed E-state index contributed by atoms with van der Waals surface area (Å²) in [4.78, 5) is 12.7. The van der Waals surface area contributed by atoms with Crippen LogP contribution in [0.25, 0.3) is 0 Å². The van der Waals surface area contributed by atoms with Crippen LogP contribution in [0.2, 0.25) is 0 Å². The van der Waals surface area contributed by atoms with Gasteiger partial charge in [-0.2, -0.15) is 0 Å². The molecule has 1 aliphatic carbocycles. The van der Waals surface area contributed by atoms with Crippen LogP contribution in [-0.2, 0) is 38.7 Å². The predicted molar refractivity (Wildman–Crippen MR) is 124 cm³/mol. The van der Waals surface area contributed by atoms with Gasteiger partial charge in [-0.3, -0.25) is 0 Å². The minimum atomic E-state index is 0.415. The Kier molecular flexibility index (Phi) is 8.32. The molecule has 0 bridgehead atoms. The van der Waals surface area contributed by atoms with Crippen LogP contribution in [0.15, 0.2) is 58.4 Å². The van der Waals surface area contributed by atoms with Gasteiger partial charge in [0.2, 0.25) is 0 Å². The van der Waals surface area contributed by atoms with Crippen LogP contribution in [0.3, 0.4) is 0 Å². The van der Waals surface area contributed by atoms with Crippen molar-refractivity contribution in [3.05, 3.63) is 78.1 Å². The molecule has 4 rings (SSSR count). The van der Waals surface area contributed by atoms with E-state index >= 15 is 0 Å². The summed E-state index contributed by atoms with van der Waals surface area (Å²) in [6.45, 7) is 13.7. The standard InChI is InChI=1S/C26H28N4.2W/c1-19(9-6-13-23-18-29-26(30-23)21-11-3-4-12-21)8-5-10-20(2)22-16-25(28-17-22)24-14-7-15-27-24;;/h1-2,5-6,9-10,17-18,21,24,27H,3-4,7,11-12,14-16H2,(H,29,30);;/q-2;;/b9-6-,10-5-;;. The molecular weight excluding hydrogens is 736 g/mol. The molecule has 4 nitrogen and oxygen atoms in total. The molecular formula is C26H28N4W2-2. The molecule has 3 aliphatic rings. The van der Waals surface area contributed by atoms with Crippen LogP contribution in [0, 0.1) is 13.2 Å². The summed E-state index contributed by atoms with van der Waals surface area (Å²) in [5, 5.41) is 3.51. The summed E-state index contributed by atoms with van der Waals surface area (Å²) in [6.07, 6.45) is 20.3. The number of hydrogen-bond donors (Lipinski definition) is 2. The molecule has 2 fully saturated rings. The first kappa shape index (κ1) is 23.8. The Morgan fingerprint density at radius 1 is 1.03 bits per heavy atom. The minimum absolute atomic E-state index is 0.415.